The molecule has 10 heteroatoms. The van der Waals surface area contributed by atoms with Crippen molar-refractivity contribution in [1.29, 1.82) is 0 Å². The first-order valence-electron chi connectivity index (χ1n) is 10.1. The average molecular weight is 453 g/mol. The van der Waals surface area contributed by atoms with E-state index >= 15 is 0 Å². The molecule has 0 radical (unpaired) electrons. The minimum atomic E-state index is -1.82. The van der Waals surface area contributed by atoms with Gasteiger partial charge in [0.2, 0.25) is 5.89 Å². The van der Waals surface area contributed by atoms with Gasteiger partial charge in [0, 0.05) is 25.1 Å². The number of likely N-dealkylation sites (tertiary alicyclic amines) is 1. The van der Waals surface area contributed by atoms with Crippen LogP contribution in [0, 0.1) is 0 Å². The number of ether oxygens (including phenoxy) is 1. The van der Waals surface area contributed by atoms with E-state index in [1.165, 1.54) is 0 Å². The Morgan fingerprint density at radius 3 is 2.24 bits per heavy atom. The molecule has 1 fully saturated rings. The largest absolute Gasteiger partial charge is 0.497 e. The van der Waals surface area contributed by atoms with Crippen LogP contribution in [0.15, 0.2) is 59.1 Å². The van der Waals surface area contributed by atoms with Gasteiger partial charge in [-0.1, -0.05) is 35.5 Å². The Morgan fingerprint density at radius 2 is 1.67 bits per heavy atom. The fourth-order valence-corrected chi connectivity index (χ4v) is 3.21. The van der Waals surface area contributed by atoms with E-state index in [9.17, 15) is 4.79 Å². The first-order valence-corrected chi connectivity index (χ1v) is 10.1. The van der Waals surface area contributed by atoms with Crippen LogP contribution in [-0.2, 0) is 16.0 Å². The molecule has 3 aromatic rings. The Balaban J connectivity index is 0.000000454. The van der Waals surface area contributed by atoms with E-state index in [1.807, 2.05) is 30.3 Å². The van der Waals surface area contributed by atoms with Gasteiger partial charge in [0.15, 0.2) is 11.6 Å². The molecule has 1 aromatic heterocycles. The Labute approximate surface area is 189 Å². The number of carbonyl (C=O) groups is 3. The van der Waals surface area contributed by atoms with E-state index in [0.717, 1.165) is 24.4 Å². The normalized spacial score (nSPS) is 13.4. The number of aliphatic carboxylic acids is 2. The van der Waals surface area contributed by atoms with E-state index in [1.54, 1.807) is 31.4 Å². The number of benzene rings is 2. The van der Waals surface area contributed by atoms with Crippen molar-refractivity contribution in [3.8, 4) is 5.75 Å². The van der Waals surface area contributed by atoms with Crippen molar-refractivity contribution in [3.05, 3.63) is 77.4 Å². The highest BCUT2D eigenvalue weighted by atomic mass is 16.5. The van der Waals surface area contributed by atoms with Crippen molar-refractivity contribution in [3.63, 3.8) is 0 Å². The molecular formula is C23H23N3O7. The topological polar surface area (TPSA) is 143 Å². The summed E-state index contributed by atoms with van der Waals surface area (Å²) in [6.07, 6.45) is 0.663. The maximum Gasteiger partial charge on any atom is 0.414 e. The fraction of sp³-hybridized carbons (Fsp3) is 0.261. The number of aromatic nitrogens is 2. The summed E-state index contributed by atoms with van der Waals surface area (Å²) in [5.41, 5.74) is 1.85. The van der Waals surface area contributed by atoms with Crippen LogP contribution in [0.1, 0.15) is 33.6 Å². The van der Waals surface area contributed by atoms with Crippen molar-refractivity contribution in [2.45, 2.75) is 12.3 Å². The van der Waals surface area contributed by atoms with Crippen molar-refractivity contribution in [1.82, 2.24) is 15.0 Å². The third kappa shape index (κ3) is 6.71. The molecule has 2 aromatic carbocycles. The van der Waals surface area contributed by atoms with Gasteiger partial charge in [0.1, 0.15) is 5.75 Å². The number of ketones is 1. The molecule has 1 aliphatic rings. The van der Waals surface area contributed by atoms with Gasteiger partial charge in [0.05, 0.1) is 19.6 Å². The van der Waals surface area contributed by atoms with E-state index in [4.69, 9.17) is 29.1 Å². The summed E-state index contributed by atoms with van der Waals surface area (Å²) in [7, 11) is 1.61. The van der Waals surface area contributed by atoms with E-state index in [2.05, 4.69) is 15.0 Å². The van der Waals surface area contributed by atoms with Gasteiger partial charge in [-0.3, -0.25) is 9.69 Å². The molecule has 10 nitrogen and oxygen atoms in total. The van der Waals surface area contributed by atoms with Crippen LogP contribution < -0.4 is 4.74 Å². The predicted octanol–water partition coefficient (Wildman–Crippen LogP) is 2.11. The molecule has 4 rings (SSSR count). The second-order valence-electron chi connectivity index (χ2n) is 7.36. The van der Waals surface area contributed by atoms with Gasteiger partial charge in [-0.05, 0) is 29.8 Å². The molecule has 0 aliphatic carbocycles. The smallest absolute Gasteiger partial charge is 0.414 e. The first-order chi connectivity index (χ1) is 15.9. The highest BCUT2D eigenvalue weighted by Crippen LogP contribution is 2.26. The standard InChI is InChI=1S/C21H21N3O3.C2H2O4/c1-26-18-9-7-16(8-10-18)19(25)14-24-12-17(13-24)21-22-20(23-27-21)11-15-5-3-2-4-6-15;3-1(4)2(5)6/h2-10,17H,11-14H2,1H3;(H,3,4)(H,5,6). The van der Waals surface area contributed by atoms with Gasteiger partial charge in [0.25, 0.3) is 0 Å². The molecular weight excluding hydrogens is 430 g/mol. The highest BCUT2D eigenvalue weighted by molar-refractivity contribution is 6.27. The number of nitrogens with zero attached hydrogens (tertiary/aromatic N) is 3. The molecule has 0 spiro atoms. The molecule has 0 atom stereocenters. The van der Waals surface area contributed by atoms with Crippen LogP contribution in [0.5, 0.6) is 5.75 Å². The molecule has 0 unspecified atom stereocenters. The second kappa shape index (κ2) is 11.0. The highest BCUT2D eigenvalue weighted by Gasteiger charge is 2.33. The van der Waals surface area contributed by atoms with Gasteiger partial charge >= 0.3 is 11.9 Å². The van der Waals surface area contributed by atoms with Gasteiger partial charge < -0.3 is 19.5 Å². The van der Waals surface area contributed by atoms with E-state index in [-0.39, 0.29) is 11.7 Å². The first kappa shape index (κ1) is 23.6. The lowest BCUT2D eigenvalue weighted by Gasteiger charge is -2.36. The number of carbonyl (C=O) groups excluding carboxylic acids is 1. The summed E-state index contributed by atoms with van der Waals surface area (Å²) >= 11 is 0. The summed E-state index contributed by atoms with van der Waals surface area (Å²) in [6, 6.07) is 17.3. The number of hydrogen-bond acceptors (Lipinski definition) is 8. The Hall–Kier alpha value is -4.05. The number of rotatable bonds is 7. The van der Waals surface area contributed by atoms with Gasteiger partial charge in [-0.15, -0.1) is 0 Å². The number of carboxylic acid groups (broad SMARTS) is 2. The van der Waals surface area contributed by atoms with Crippen LogP contribution in [0.4, 0.5) is 0 Å². The second-order valence-corrected chi connectivity index (χ2v) is 7.36. The maximum absolute atomic E-state index is 12.4. The van der Waals surface area contributed by atoms with E-state index in [0.29, 0.717) is 30.2 Å². The zero-order valence-electron chi connectivity index (χ0n) is 17.9. The Morgan fingerprint density at radius 1 is 1.03 bits per heavy atom. The maximum atomic E-state index is 12.4. The lowest BCUT2D eigenvalue weighted by molar-refractivity contribution is -0.159. The van der Waals surface area contributed by atoms with Gasteiger partial charge in [-0.25, -0.2) is 9.59 Å². The molecule has 1 saturated heterocycles. The predicted molar refractivity (Wildman–Crippen MR) is 115 cm³/mol. The SMILES string of the molecule is COc1ccc(C(=O)CN2CC(c3nc(Cc4ccccc4)no3)C2)cc1.O=C(O)C(=O)O. The molecule has 0 saturated carbocycles. The zero-order valence-corrected chi connectivity index (χ0v) is 17.9. The molecule has 1 aliphatic heterocycles. The summed E-state index contributed by atoms with van der Waals surface area (Å²) in [6.45, 7) is 1.91. The third-order valence-corrected chi connectivity index (χ3v) is 4.96. The lowest BCUT2D eigenvalue weighted by atomic mass is 9.99. The van der Waals surface area contributed by atoms with Crippen LogP contribution in [0.3, 0.4) is 0 Å². The van der Waals surface area contributed by atoms with Crippen molar-refractivity contribution >= 4 is 17.7 Å². The summed E-state index contributed by atoms with van der Waals surface area (Å²) in [4.78, 5) is 37.2. The molecule has 172 valence electrons. The third-order valence-electron chi connectivity index (χ3n) is 4.96. The number of carboxylic acids is 2. The van der Waals surface area contributed by atoms with Crippen molar-refractivity contribution in [2.75, 3.05) is 26.7 Å². The minimum absolute atomic E-state index is 0.103. The summed E-state index contributed by atoms with van der Waals surface area (Å²) < 4.78 is 10.5. The quantitative estimate of drug-likeness (QED) is 0.403. The average Bonchev–Trinajstić information content (AvgIpc) is 3.24. The van der Waals surface area contributed by atoms with Crippen LogP contribution in [0.2, 0.25) is 0 Å². The molecule has 0 amide bonds. The monoisotopic (exact) mass is 453 g/mol. The lowest BCUT2D eigenvalue weighted by Crippen LogP contribution is -2.47. The summed E-state index contributed by atoms with van der Waals surface area (Å²) in [5.74, 6) is -1.24. The van der Waals surface area contributed by atoms with Gasteiger partial charge in [-0.2, -0.15) is 4.98 Å². The number of methoxy groups -OCH3 is 1. The number of Topliss-reactive ketones (excluding diaryl/α,β-unsaturated/α-hetero) is 1. The Kier molecular flexibility index (Phi) is 7.87. The molecule has 33 heavy (non-hydrogen) atoms. The van der Waals surface area contributed by atoms with E-state index < -0.39 is 11.9 Å². The number of hydrogen-bond donors (Lipinski definition) is 2. The molecule has 2 heterocycles. The van der Waals surface area contributed by atoms with Crippen molar-refractivity contribution < 1.29 is 33.9 Å². The Bertz CT molecular complexity index is 1080. The van der Waals surface area contributed by atoms with Crippen LogP contribution in [-0.4, -0.2) is 69.7 Å². The molecule has 0 bridgehead atoms. The van der Waals surface area contributed by atoms with Crippen LogP contribution >= 0.6 is 0 Å². The minimum Gasteiger partial charge on any atom is -0.497 e. The van der Waals surface area contributed by atoms with Crippen LogP contribution in [0.25, 0.3) is 0 Å². The zero-order chi connectivity index (χ0) is 23.8. The molecule has 2 N–H and O–H groups in total. The summed E-state index contributed by atoms with van der Waals surface area (Å²) in [5, 5.41) is 18.9. The van der Waals surface area contributed by atoms with Crippen molar-refractivity contribution in [2.24, 2.45) is 0 Å². The fourth-order valence-electron chi connectivity index (χ4n) is 3.21.